The normalized spacial score (nSPS) is 10.7. The lowest BCUT2D eigenvalue weighted by Gasteiger charge is -2.10. The van der Waals surface area contributed by atoms with Crippen molar-refractivity contribution < 1.29 is 9.21 Å². The number of fused-ring (bicyclic) bond motifs is 1. The van der Waals surface area contributed by atoms with Crippen LogP contribution in [0.25, 0.3) is 22.6 Å². The maximum atomic E-state index is 12.2. The Morgan fingerprint density at radius 1 is 1.03 bits per heavy atom. The molecule has 1 aromatic heterocycles. The van der Waals surface area contributed by atoms with Crippen LogP contribution in [0, 0.1) is 0 Å². The fraction of sp³-hybridized carbons (Fsp3) is 0.0455. The molecule has 0 unspecified atom stereocenters. The van der Waals surface area contributed by atoms with E-state index in [9.17, 15) is 4.79 Å². The maximum absolute atomic E-state index is 12.2. The Hall–Kier alpha value is -3.22. The lowest BCUT2D eigenvalue weighted by Crippen LogP contribution is -2.38. The van der Waals surface area contributed by atoms with Gasteiger partial charge in [-0.15, -0.1) is 0 Å². The smallest absolute Gasteiger partial charge is 0.257 e. The molecule has 0 aliphatic heterocycles. The van der Waals surface area contributed by atoms with Crippen molar-refractivity contribution in [3.05, 3.63) is 88.9 Å². The van der Waals surface area contributed by atoms with E-state index < -0.39 is 0 Å². The molecule has 7 heteroatoms. The molecule has 5 nitrogen and oxygen atoms in total. The zero-order valence-electron chi connectivity index (χ0n) is 15.2. The molecule has 0 saturated heterocycles. The number of amides is 1. The molecule has 0 spiro atoms. The van der Waals surface area contributed by atoms with Gasteiger partial charge in [0.2, 0.25) is 5.89 Å². The first kappa shape index (κ1) is 19.1. The topological polar surface area (TPSA) is 67.2 Å². The highest BCUT2D eigenvalue weighted by molar-refractivity contribution is 7.80. The molecule has 4 rings (SSSR count). The van der Waals surface area contributed by atoms with Gasteiger partial charge in [0.05, 0.1) is 0 Å². The molecule has 1 heterocycles. The van der Waals surface area contributed by atoms with Crippen molar-refractivity contribution >= 4 is 45.9 Å². The van der Waals surface area contributed by atoms with E-state index in [0.717, 1.165) is 22.2 Å². The Bertz CT molecular complexity index is 1160. The van der Waals surface area contributed by atoms with Crippen LogP contribution in [0.4, 0.5) is 0 Å². The van der Waals surface area contributed by atoms with E-state index in [1.807, 2.05) is 48.5 Å². The summed E-state index contributed by atoms with van der Waals surface area (Å²) in [6.45, 7) is 0.475. The van der Waals surface area contributed by atoms with Crippen molar-refractivity contribution in [3.63, 3.8) is 0 Å². The van der Waals surface area contributed by atoms with E-state index >= 15 is 0 Å². The number of oxazole rings is 1. The van der Waals surface area contributed by atoms with Gasteiger partial charge < -0.3 is 9.73 Å². The van der Waals surface area contributed by atoms with Crippen molar-refractivity contribution in [2.75, 3.05) is 0 Å². The van der Waals surface area contributed by atoms with Crippen LogP contribution in [0.1, 0.15) is 15.9 Å². The van der Waals surface area contributed by atoms with Crippen molar-refractivity contribution in [3.8, 4) is 11.5 Å². The number of benzene rings is 3. The summed E-state index contributed by atoms with van der Waals surface area (Å²) in [4.78, 5) is 16.7. The van der Waals surface area contributed by atoms with E-state index in [1.165, 1.54) is 0 Å². The summed E-state index contributed by atoms with van der Waals surface area (Å²) in [5.74, 6) is 0.270. The van der Waals surface area contributed by atoms with Gasteiger partial charge in [0.15, 0.2) is 10.7 Å². The summed E-state index contributed by atoms with van der Waals surface area (Å²) in [5, 5.41) is 6.41. The van der Waals surface area contributed by atoms with E-state index in [0.29, 0.717) is 23.0 Å². The molecule has 0 aliphatic rings. The Morgan fingerprint density at radius 3 is 2.59 bits per heavy atom. The van der Waals surface area contributed by atoms with Crippen molar-refractivity contribution in [2.24, 2.45) is 0 Å². The molecule has 0 fully saturated rings. The standard InChI is InChI=1S/C22H16ClN3O2S/c23-17-5-3-4-16(12-17)20(27)26-22(29)24-13-14-8-10-15(11-9-14)21-25-18-6-1-2-7-19(18)28-21/h1-12H,13H2,(H2,24,26,27,29). The molecule has 29 heavy (non-hydrogen) atoms. The highest BCUT2D eigenvalue weighted by atomic mass is 35.5. The molecular weight excluding hydrogens is 406 g/mol. The van der Waals surface area contributed by atoms with E-state index in [1.54, 1.807) is 24.3 Å². The van der Waals surface area contributed by atoms with Gasteiger partial charge in [-0.25, -0.2) is 4.98 Å². The summed E-state index contributed by atoms with van der Waals surface area (Å²) in [5.41, 5.74) is 3.93. The largest absolute Gasteiger partial charge is 0.436 e. The third-order valence-corrected chi connectivity index (χ3v) is 4.74. The van der Waals surface area contributed by atoms with Crippen LogP contribution in [-0.2, 0) is 6.54 Å². The quantitative estimate of drug-likeness (QED) is 0.456. The summed E-state index contributed by atoms with van der Waals surface area (Å²) >= 11 is 11.1. The summed E-state index contributed by atoms with van der Waals surface area (Å²) in [6, 6.07) is 22.1. The van der Waals surface area contributed by atoms with Crippen LogP contribution in [0.5, 0.6) is 0 Å². The molecule has 0 aliphatic carbocycles. The Balaban J connectivity index is 1.35. The van der Waals surface area contributed by atoms with E-state index in [2.05, 4.69) is 15.6 Å². The van der Waals surface area contributed by atoms with Crippen LogP contribution in [0.15, 0.2) is 77.2 Å². The molecule has 144 valence electrons. The first-order chi connectivity index (χ1) is 14.1. The van der Waals surface area contributed by atoms with Crippen LogP contribution in [0.2, 0.25) is 5.02 Å². The molecule has 2 N–H and O–H groups in total. The minimum atomic E-state index is -0.309. The lowest BCUT2D eigenvalue weighted by molar-refractivity contribution is 0.0976. The van der Waals surface area contributed by atoms with Crippen molar-refractivity contribution in [2.45, 2.75) is 6.54 Å². The predicted molar refractivity (Wildman–Crippen MR) is 118 cm³/mol. The lowest BCUT2D eigenvalue weighted by atomic mass is 10.1. The molecule has 1 amide bonds. The Kier molecular flexibility index (Phi) is 5.55. The van der Waals surface area contributed by atoms with Gasteiger partial charge in [-0.1, -0.05) is 41.9 Å². The highest BCUT2D eigenvalue weighted by Gasteiger charge is 2.09. The number of aromatic nitrogens is 1. The van der Waals surface area contributed by atoms with Crippen molar-refractivity contribution in [1.82, 2.24) is 15.6 Å². The molecule has 0 bridgehead atoms. The fourth-order valence-corrected chi connectivity index (χ4v) is 3.15. The number of rotatable bonds is 4. The highest BCUT2D eigenvalue weighted by Crippen LogP contribution is 2.24. The van der Waals surface area contributed by atoms with Gasteiger partial charge in [0, 0.05) is 22.7 Å². The number of nitrogens with one attached hydrogen (secondary N) is 2. The van der Waals surface area contributed by atoms with Crippen LogP contribution < -0.4 is 10.6 Å². The van der Waals surface area contributed by atoms with Crippen molar-refractivity contribution in [1.29, 1.82) is 0 Å². The van der Waals surface area contributed by atoms with Gasteiger partial charge in [0.25, 0.3) is 5.91 Å². The van der Waals surface area contributed by atoms with Crippen LogP contribution >= 0.6 is 23.8 Å². The Morgan fingerprint density at radius 2 is 1.83 bits per heavy atom. The molecule has 3 aromatic carbocycles. The van der Waals surface area contributed by atoms with E-state index in [-0.39, 0.29) is 11.0 Å². The zero-order valence-corrected chi connectivity index (χ0v) is 16.8. The molecular formula is C22H16ClN3O2S. The van der Waals surface area contributed by atoms with Gasteiger partial charge >= 0.3 is 0 Å². The van der Waals surface area contributed by atoms with Gasteiger partial charge in [0.1, 0.15) is 5.52 Å². The number of thiocarbonyl (C=S) groups is 1. The number of carbonyl (C=O) groups excluding carboxylic acids is 1. The van der Waals surface area contributed by atoms with Gasteiger partial charge in [-0.2, -0.15) is 0 Å². The number of halogens is 1. The van der Waals surface area contributed by atoms with Gasteiger partial charge in [-0.05, 0) is 60.2 Å². The first-order valence-electron chi connectivity index (χ1n) is 8.88. The van der Waals surface area contributed by atoms with Crippen LogP contribution in [0.3, 0.4) is 0 Å². The Labute approximate surface area is 177 Å². The second-order valence-corrected chi connectivity index (χ2v) is 7.18. The molecule has 0 saturated carbocycles. The first-order valence-corrected chi connectivity index (χ1v) is 9.67. The monoisotopic (exact) mass is 421 g/mol. The third-order valence-electron chi connectivity index (χ3n) is 4.26. The number of hydrogen-bond acceptors (Lipinski definition) is 4. The number of para-hydroxylation sites is 2. The minimum absolute atomic E-state index is 0.248. The second-order valence-electron chi connectivity index (χ2n) is 6.33. The van der Waals surface area contributed by atoms with Gasteiger partial charge in [-0.3, -0.25) is 10.1 Å². The maximum Gasteiger partial charge on any atom is 0.257 e. The number of nitrogens with zero attached hydrogens (tertiary/aromatic N) is 1. The fourth-order valence-electron chi connectivity index (χ4n) is 2.79. The van der Waals surface area contributed by atoms with E-state index in [4.69, 9.17) is 28.2 Å². The molecule has 0 radical (unpaired) electrons. The average Bonchev–Trinajstić information content (AvgIpc) is 3.17. The summed E-state index contributed by atoms with van der Waals surface area (Å²) in [6.07, 6.45) is 0. The average molecular weight is 422 g/mol. The minimum Gasteiger partial charge on any atom is -0.436 e. The summed E-state index contributed by atoms with van der Waals surface area (Å²) in [7, 11) is 0. The number of carbonyl (C=O) groups is 1. The third kappa shape index (κ3) is 4.62. The SMILES string of the molecule is O=C(NC(=S)NCc1ccc(-c2nc3ccccc3o2)cc1)c1cccc(Cl)c1. The second kappa shape index (κ2) is 8.43. The molecule has 4 aromatic rings. The summed E-state index contributed by atoms with van der Waals surface area (Å²) < 4.78 is 5.78. The number of hydrogen-bond donors (Lipinski definition) is 2. The zero-order chi connectivity index (χ0) is 20.2. The molecule has 0 atom stereocenters. The predicted octanol–water partition coefficient (Wildman–Crippen LogP) is 4.95. The van der Waals surface area contributed by atoms with Crippen LogP contribution in [-0.4, -0.2) is 16.0 Å².